The van der Waals surface area contributed by atoms with Crippen molar-refractivity contribution in [1.82, 2.24) is 10.2 Å². The number of ether oxygens (including phenoxy) is 1. The fourth-order valence-corrected chi connectivity index (χ4v) is 2.98. The number of nitrogens with one attached hydrogen (secondary N) is 1. The van der Waals surface area contributed by atoms with Crippen molar-refractivity contribution in [2.45, 2.75) is 39.7 Å². The maximum atomic E-state index is 11.9. The molecule has 0 atom stereocenters. The van der Waals surface area contributed by atoms with Crippen molar-refractivity contribution >= 4 is 41.6 Å². The van der Waals surface area contributed by atoms with Gasteiger partial charge in [-0.25, -0.2) is 4.99 Å². The van der Waals surface area contributed by atoms with Crippen molar-refractivity contribution in [1.29, 1.82) is 0 Å². The molecule has 0 saturated carbocycles. The molecule has 9 heteroatoms. The number of piperidine rings is 1. The molecule has 1 aromatic rings. The highest BCUT2D eigenvalue weighted by Crippen LogP contribution is 2.19. The molecule has 1 aliphatic heterocycles. The Morgan fingerprint density at radius 1 is 1.29 bits per heavy atom. The number of likely N-dealkylation sites (tertiary alicyclic amines) is 1. The van der Waals surface area contributed by atoms with E-state index in [-0.39, 0.29) is 41.6 Å². The van der Waals surface area contributed by atoms with Gasteiger partial charge in [0.2, 0.25) is 0 Å². The van der Waals surface area contributed by atoms with E-state index in [1.165, 1.54) is 12.1 Å². The van der Waals surface area contributed by atoms with E-state index in [2.05, 4.69) is 22.1 Å². The first-order chi connectivity index (χ1) is 13.0. The molecule has 0 aromatic heterocycles. The molecule has 156 valence electrons. The topological polar surface area (TPSA) is 97.1 Å². The van der Waals surface area contributed by atoms with Crippen LogP contribution in [0.5, 0.6) is 0 Å². The standard InChI is InChI=1S/C19H28N4O4.HI/c1-3-11-20-19(21-14-15-5-7-17(8-6-15)23(25)26)22-12-9-16(10-13-22)18(24)27-4-2;/h5-8,16H,3-4,9-14H2,1-2H3,(H,20,21);1H. The minimum absolute atomic E-state index is 0. The number of hydrogen-bond donors (Lipinski definition) is 1. The molecule has 28 heavy (non-hydrogen) atoms. The fourth-order valence-electron chi connectivity index (χ4n) is 2.98. The molecule has 1 heterocycles. The number of carbonyl (C=O) groups excluding carboxylic acids is 1. The van der Waals surface area contributed by atoms with Crippen LogP contribution in [0.1, 0.15) is 38.7 Å². The molecule has 0 bridgehead atoms. The Bertz CT molecular complexity index is 658. The monoisotopic (exact) mass is 504 g/mol. The first-order valence-electron chi connectivity index (χ1n) is 9.48. The van der Waals surface area contributed by atoms with Crippen LogP contribution >= 0.6 is 24.0 Å². The SMILES string of the molecule is CCCNC(=NCc1ccc([N+](=O)[O-])cc1)N1CCC(C(=O)OCC)CC1.I. The molecule has 0 spiro atoms. The van der Waals surface area contributed by atoms with Crippen molar-refractivity contribution in [3.63, 3.8) is 0 Å². The molecule has 1 aromatic carbocycles. The summed E-state index contributed by atoms with van der Waals surface area (Å²) in [7, 11) is 0. The number of nitro benzene ring substituents is 1. The summed E-state index contributed by atoms with van der Waals surface area (Å²) in [6.45, 7) is 7.09. The lowest BCUT2D eigenvalue weighted by Gasteiger charge is -2.33. The van der Waals surface area contributed by atoms with Crippen LogP contribution in [0.2, 0.25) is 0 Å². The molecule has 1 N–H and O–H groups in total. The second-order valence-corrected chi connectivity index (χ2v) is 6.50. The minimum atomic E-state index is -0.408. The molecule has 8 nitrogen and oxygen atoms in total. The smallest absolute Gasteiger partial charge is 0.309 e. The molecule has 0 amide bonds. The molecule has 2 rings (SSSR count). The maximum absolute atomic E-state index is 11.9. The molecule has 0 radical (unpaired) electrons. The van der Waals surface area contributed by atoms with Crippen molar-refractivity contribution in [3.8, 4) is 0 Å². The van der Waals surface area contributed by atoms with Gasteiger partial charge < -0.3 is 15.0 Å². The van der Waals surface area contributed by atoms with Crippen LogP contribution in [-0.2, 0) is 16.1 Å². The predicted molar refractivity (Wildman–Crippen MR) is 119 cm³/mol. The van der Waals surface area contributed by atoms with Crippen LogP contribution in [-0.4, -0.2) is 48.0 Å². The minimum Gasteiger partial charge on any atom is -0.466 e. The van der Waals surface area contributed by atoms with E-state index in [4.69, 9.17) is 4.74 Å². The molecular formula is C19H29IN4O4. The zero-order valence-corrected chi connectivity index (χ0v) is 18.8. The lowest BCUT2D eigenvalue weighted by Crippen LogP contribution is -2.47. The summed E-state index contributed by atoms with van der Waals surface area (Å²) in [6.07, 6.45) is 2.49. The van der Waals surface area contributed by atoms with Gasteiger partial charge in [-0.15, -0.1) is 24.0 Å². The summed E-state index contributed by atoms with van der Waals surface area (Å²) >= 11 is 0. The molecule has 0 unspecified atom stereocenters. The molecule has 1 aliphatic rings. The number of guanidine groups is 1. The summed E-state index contributed by atoms with van der Waals surface area (Å²) in [5, 5.41) is 14.1. The van der Waals surface area contributed by atoms with Gasteiger partial charge in [0, 0.05) is 31.8 Å². The van der Waals surface area contributed by atoms with E-state index in [9.17, 15) is 14.9 Å². The van der Waals surface area contributed by atoms with E-state index < -0.39 is 4.92 Å². The summed E-state index contributed by atoms with van der Waals surface area (Å²) < 4.78 is 5.12. The Morgan fingerprint density at radius 2 is 1.93 bits per heavy atom. The first kappa shape index (κ1) is 24.1. The first-order valence-corrected chi connectivity index (χ1v) is 9.48. The van der Waals surface area contributed by atoms with E-state index in [0.29, 0.717) is 13.2 Å². The largest absolute Gasteiger partial charge is 0.466 e. The quantitative estimate of drug-likeness (QED) is 0.153. The van der Waals surface area contributed by atoms with Crippen LogP contribution in [0.15, 0.2) is 29.3 Å². The van der Waals surface area contributed by atoms with Crippen molar-refractivity contribution < 1.29 is 14.5 Å². The predicted octanol–water partition coefficient (Wildman–Crippen LogP) is 3.34. The Labute approximate surface area is 182 Å². The number of non-ortho nitro benzene ring substituents is 1. The number of aliphatic imine (C=N–C) groups is 1. The number of benzene rings is 1. The Morgan fingerprint density at radius 3 is 2.46 bits per heavy atom. The van der Waals surface area contributed by atoms with Gasteiger partial charge in [0.05, 0.1) is 24.0 Å². The Balaban J connectivity index is 0.00000392. The van der Waals surface area contributed by atoms with Gasteiger partial charge in [0.1, 0.15) is 0 Å². The second-order valence-electron chi connectivity index (χ2n) is 6.50. The van der Waals surface area contributed by atoms with Crippen LogP contribution in [0.25, 0.3) is 0 Å². The lowest BCUT2D eigenvalue weighted by molar-refractivity contribution is -0.384. The molecule has 1 fully saturated rings. The molecular weight excluding hydrogens is 475 g/mol. The Kier molecular flexibility index (Phi) is 10.8. The summed E-state index contributed by atoms with van der Waals surface area (Å²) in [5.74, 6) is 0.670. The summed E-state index contributed by atoms with van der Waals surface area (Å²) in [6, 6.07) is 6.45. The highest BCUT2D eigenvalue weighted by atomic mass is 127. The zero-order valence-electron chi connectivity index (χ0n) is 16.4. The van der Waals surface area contributed by atoms with Crippen molar-refractivity contribution in [2.75, 3.05) is 26.2 Å². The van der Waals surface area contributed by atoms with Gasteiger partial charge in [0.15, 0.2) is 5.96 Å². The van der Waals surface area contributed by atoms with Gasteiger partial charge in [0.25, 0.3) is 5.69 Å². The van der Waals surface area contributed by atoms with E-state index in [1.54, 1.807) is 12.1 Å². The number of nitro groups is 1. The van der Waals surface area contributed by atoms with E-state index >= 15 is 0 Å². The number of hydrogen-bond acceptors (Lipinski definition) is 5. The van der Waals surface area contributed by atoms with Crippen LogP contribution < -0.4 is 5.32 Å². The average Bonchev–Trinajstić information content (AvgIpc) is 2.69. The summed E-state index contributed by atoms with van der Waals surface area (Å²) in [5.41, 5.74) is 0.992. The normalized spacial score (nSPS) is 14.9. The summed E-state index contributed by atoms with van der Waals surface area (Å²) in [4.78, 5) is 29.1. The number of carbonyl (C=O) groups is 1. The molecule has 1 saturated heterocycles. The van der Waals surface area contributed by atoms with Gasteiger partial charge in [-0.3, -0.25) is 14.9 Å². The third-order valence-electron chi connectivity index (χ3n) is 4.51. The van der Waals surface area contributed by atoms with Gasteiger partial charge in [-0.1, -0.05) is 19.1 Å². The Hall–Kier alpha value is -1.91. The highest BCUT2D eigenvalue weighted by molar-refractivity contribution is 14.0. The van der Waals surface area contributed by atoms with Gasteiger partial charge in [-0.2, -0.15) is 0 Å². The highest BCUT2D eigenvalue weighted by Gasteiger charge is 2.27. The zero-order chi connectivity index (χ0) is 19.6. The van der Waals surface area contributed by atoms with E-state index in [0.717, 1.165) is 50.4 Å². The van der Waals surface area contributed by atoms with E-state index in [1.807, 2.05) is 6.92 Å². The van der Waals surface area contributed by atoms with Crippen LogP contribution in [0.3, 0.4) is 0 Å². The number of halogens is 1. The lowest BCUT2D eigenvalue weighted by atomic mass is 9.97. The average molecular weight is 504 g/mol. The second kappa shape index (κ2) is 12.5. The third kappa shape index (κ3) is 7.25. The number of rotatable bonds is 7. The van der Waals surface area contributed by atoms with Gasteiger partial charge in [-0.05, 0) is 31.7 Å². The maximum Gasteiger partial charge on any atom is 0.309 e. The number of esters is 1. The van der Waals surface area contributed by atoms with Crippen LogP contribution in [0.4, 0.5) is 5.69 Å². The van der Waals surface area contributed by atoms with Crippen molar-refractivity contribution in [2.24, 2.45) is 10.9 Å². The van der Waals surface area contributed by atoms with Crippen LogP contribution in [0, 0.1) is 16.0 Å². The fraction of sp³-hybridized carbons (Fsp3) is 0.579. The molecule has 0 aliphatic carbocycles. The third-order valence-corrected chi connectivity index (χ3v) is 4.51. The van der Waals surface area contributed by atoms with Crippen molar-refractivity contribution in [3.05, 3.63) is 39.9 Å². The van der Waals surface area contributed by atoms with Gasteiger partial charge >= 0.3 is 5.97 Å². The number of nitrogens with zero attached hydrogens (tertiary/aromatic N) is 3.